The molecule has 15 nitrogen and oxygen atoms in total. The van der Waals surface area contributed by atoms with Crippen LogP contribution < -0.4 is 0 Å². The van der Waals surface area contributed by atoms with Gasteiger partial charge in [-0.05, 0) is 86.0 Å². The first kappa shape index (κ1) is 45.3. The molecule has 3 aliphatic rings. The predicted molar refractivity (Wildman–Crippen MR) is 214 cm³/mol. The number of cyclic esters (lactones) is 1. The number of aliphatic hydroxyl groups excluding tert-OH is 1. The highest BCUT2D eigenvalue weighted by molar-refractivity contribution is 6.00. The van der Waals surface area contributed by atoms with Gasteiger partial charge in [-0.3, -0.25) is 19.4 Å². The van der Waals surface area contributed by atoms with Gasteiger partial charge in [-0.25, -0.2) is 9.78 Å². The highest BCUT2D eigenvalue weighted by Gasteiger charge is 2.60. The van der Waals surface area contributed by atoms with Gasteiger partial charge in [0, 0.05) is 68.1 Å². The number of imidazole rings is 1. The molecule has 1 unspecified atom stereocenters. The molecule has 5 heterocycles. The number of hydrogen-bond donors (Lipinski definition) is 1. The van der Waals surface area contributed by atoms with Crippen molar-refractivity contribution in [2.75, 3.05) is 27.7 Å². The standard InChI is InChI=1S/C43H65N5O10/c1-12-33-43(8)37(48(41(53)58-43)19-14-13-18-47-23-31(45-24-47)30-16-15-17-44-22-30)27(4)34(49)25(2)21-42(7,54-11)38(28(5)35(50)29(6)39(52)56-33)57-40-36(51)32(46(9)10)20-26(3)55-40/h15-17,22-29,32-33,36-38,40,51H,12-14,18-21H2,1-11H3/t25-,26-,27+,28+,29-,32+,33-,36-,37+,38-,40+,42-,43?/m1/s1. The Labute approximate surface area is 343 Å². The number of rotatable bonds is 11. The van der Waals surface area contributed by atoms with Gasteiger partial charge in [-0.1, -0.05) is 27.7 Å². The Hall–Kier alpha value is -3.76. The second-order valence-electron chi connectivity index (χ2n) is 17.3. The van der Waals surface area contributed by atoms with Crippen LogP contribution in [0.15, 0.2) is 37.1 Å². The van der Waals surface area contributed by atoms with Crippen LogP contribution in [0.1, 0.15) is 87.5 Å². The van der Waals surface area contributed by atoms with Gasteiger partial charge in [0.25, 0.3) is 0 Å². The van der Waals surface area contributed by atoms with Gasteiger partial charge in [0.15, 0.2) is 17.7 Å². The number of ketones is 2. The lowest BCUT2D eigenvalue weighted by molar-refractivity contribution is -0.295. The number of unbranched alkanes of at least 4 members (excludes halogenated alkanes) is 1. The number of ether oxygens (including phenoxy) is 5. The minimum absolute atomic E-state index is 0.130. The summed E-state index contributed by atoms with van der Waals surface area (Å²) in [5.74, 6) is -4.95. The molecule has 58 heavy (non-hydrogen) atoms. The van der Waals surface area contributed by atoms with Crippen molar-refractivity contribution in [3.63, 3.8) is 0 Å². The summed E-state index contributed by atoms with van der Waals surface area (Å²) in [5, 5.41) is 11.4. The molecule has 322 valence electrons. The molecule has 3 fully saturated rings. The zero-order valence-electron chi connectivity index (χ0n) is 36.1. The second-order valence-corrected chi connectivity index (χ2v) is 17.3. The van der Waals surface area contributed by atoms with Crippen LogP contribution in [0, 0.1) is 23.7 Å². The topological polar surface area (TPSA) is 172 Å². The van der Waals surface area contributed by atoms with E-state index in [1.807, 2.05) is 62.7 Å². The molecule has 2 aromatic heterocycles. The van der Waals surface area contributed by atoms with E-state index < -0.39 is 83.4 Å². The van der Waals surface area contributed by atoms with Crippen molar-refractivity contribution in [3.8, 4) is 11.3 Å². The summed E-state index contributed by atoms with van der Waals surface area (Å²) in [6, 6.07) is 2.74. The van der Waals surface area contributed by atoms with Crippen molar-refractivity contribution in [2.24, 2.45) is 23.7 Å². The first-order valence-corrected chi connectivity index (χ1v) is 20.8. The first-order valence-electron chi connectivity index (χ1n) is 20.8. The number of esters is 1. The lowest BCUT2D eigenvalue weighted by Gasteiger charge is -2.47. The lowest BCUT2D eigenvalue weighted by Crippen LogP contribution is -2.60. The van der Waals surface area contributed by atoms with Crippen LogP contribution >= 0.6 is 0 Å². The summed E-state index contributed by atoms with van der Waals surface area (Å²) in [6.07, 6.45) is 4.45. The number of Topliss-reactive ketones (excluding diaryl/α,β-unsaturated/α-hetero) is 2. The maximum absolute atomic E-state index is 14.7. The van der Waals surface area contributed by atoms with E-state index in [2.05, 4.69) is 9.97 Å². The van der Waals surface area contributed by atoms with Crippen LogP contribution in [0.3, 0.4) is 0 Å². The van der Waals surface area contributed by atoms with Crippen molar-refractivity contribution in [1.82, 2.24) is 24.3 Å². The minimum atomic E-state index is -1.40. The van der Waals surface area contributed by atoms with Gasteiger partial charge in [-0.15, -0.1) is 0 Å². The second kappa shape index (κ2) is 18.7. The normalized spacial score (nSPS) is 36.7. The number of carbonyl (C=O) groups excluding carboxylic acids is 4. The maximum atomic E-state index is 14.7. The fraction of sp³-hybridized carbons (Fsp3) is 0.721. The fourth-order valence-electron chi connectivity index (χ4n) is 9.43. The predicted octanol–water partition coefficient (Wildman–Crippen LogP) is 4.93. The summed E-state index contributed by atoms with van der Waals surface area (Å²) in [4.78, 5) is 69.0. The number of fused-ring (bicyclic) bond motifs is 1. The SMILES string of the molecule is CC[C@H]1OC(=O)[C@H](C)C(=O)[C@H](C)[C@@H](O[C@@H]2O[C@H](C)C[C@H](N(C)C)[C@H]2O)[C@](C)(OC)C[C@@H](C)C(=O)[C@H](C)[C@@H]2N(CCCCn3cnc(-c4cccnc4)c3)C(=O)OC21C. The largest absolute Gasteiger partial charge is 0.458 e. The number of pyridine rings is 1. The third-order valence-corrected chi connectivity index (χ3v) is 12.8. The highest BCUT2D eigenvalue weighted by atomic mass is 16.7. The number of amides is 1. The Morgan fingerprint density at radius 3 is 2.36 bits per heavy atom. The van der Waals surface area contributed by atoms with Gasteiger partial charge >= 0.3 is 12.1 Å². The zero-order chi connectivity index (χ0) is 42.7. The van der Waals surface area contributed by atoms with E-state index in [-0.39, 0.29) is 30.8 Å². The Kier molecular flexibility index (Phi) is 14.6. The van der Waals surface area contributed by atoms with Gasteiger partial charge in [0.05, 0.1) is 35.9 Å². The van der Waals surface area contributed by atoms with E-state index >= 15 is 0 Å². The molecular formula is C43H65N5O10. The summed E-state index contributed by atoms with van der Waals surface area (Å²) in [7, 11) is 5.24. The molecule has 0 saturated carbocycles. The van der Waals surface area contributed by atoms with Gasteiger partial charge < -0.3 is 43.2 Å². The van der Waals surface area contributed by atoms with E-state index in [4.69, 9.17) is 23.7 Å². The molecule has 0 spiro atoms. The molecule has 13 atom stereocenters. The van der Waals surface area contributed by atoms with Crippen LogP contribution in [0.25, 0.3) is 11.3 Å². The van der Waals surface area contributed by atoms with Crippen LogP contribution in [0.4, 0.5) is 4.79 Å². The molecule has 0 aromatic carbocycles. The molecular weight excluding hydrogens is 746 g/mol. The molecule has 0 bridgehead atoms. The summed E-state index contributed by atoms with van der Waals surface area (Å²) in [5.41, 5.74) is -0.938. The third-order valence-electron chi connectivity index (χ3n) is 12.8. The number of likely N-dealkylation sites (N-methyl/N-ethyl adjacent to an activating group) is 1. The quantitative estimate of drug-likeness (QED) is 0.184. The lowest BCUT2D eigenvalue weighted by atomic mass is 9.73. The van der Waals surface area contributed by atoms with Crippen molar-refractivity contribution in [3.05, 3.63) is 37.1 Å². The van der Waals surface area contributed by atoms with Crippen molar-refractivity contribution >= 4 is 23.6 Å². The summed E-state index contributed by atoms with van der Waals surface area (Å²) in [6.45, 7) is 14.9. The molecule has 0 aliphatic carbocycles. The molecule has 0 radical (unpaired) electrons. The van der Waals surface area contributed by atoms with Gasteiger partial charge in [0.2, 0.25) is 0 Å². The Balaban J connectivity index is 1.43. The maximum Gasteiger partial charge on any atom is 0.410 e. The highest BCUT2D eigenvalue weighted by Crippen LogP contribution is 2.43. The molecule has 5 rings (SSSR count). The van der Waals surface area contributed by atoms with Crippen molar-refractivity contribution in [2.45, 2.75) is 148 Å². The smallest absolute Gasteiger partial charge is 0.410 e. The van der Waals surface area contributed by atoms with E-state index in [0.717, 1.165) is 11.3 Å². The zero-order valence-corrected chi connectivity index (χ0v) is 36.1. The van der Waals surface area contributed by atoms with E-state index in [0.29, 0.717) is 32.4 Å². The van der Waals surface area contributed by atoms with Crippen LogP contribution in [0.5, 0.6) is 0 Å². The average molecular weight is 812 g/mol. The number of hydrogen-bond acceptors (Lipinski definition) is 13. The summed E-state index contributed by atoms with van der Waals surface area (Å²) >= 11 is 0. The number of aryl methyl sites for hydroxylation is 1. The first-order chi connectivity index (χ1) is 27.4. The Bertz CT molecular complexity index is 1740. The number of carbonyl (C=O) groups is 4. The Morgan fingerprint density at radius 1 is 1.02 bits per heavy atom. The molecule has 2 aromatic rings. The van der Waals surface area contributed by atoms with Crippen LogP contribution in [0.2, 0.25) is 0 Å². The molecule has 1 N–H and O–H groups in total. The van der Waals surface area contributed by atoms with E-state index in [1.54, 1.807) is 51.3 Å². The molecule has 1 amide bonds. The number of nitrogens with zero attached hydrogens (tertiary/aromatic N) is 5. The average Bonchev–Trinajstić information content (AvgIpc) is 3.78. The van der Waals surface area contributed by atoms with Crippen LogP contribution in [-0.4, -0.2) is 135 Å². The molecule has 3 aliphatic heterocycles. The summed E-state index contributed by atoms with van der Waals surface area (Å²) < 4.78 is 33.2. The van der Waals surface area contributed by atoms with Crippen LogP contribution in [-0.2, 0) is 44.6 Å². The van der Waals surface area contributed by atoms with Crippen molar-refractivity contribution < 1.29 is 48.0 Å². The number of aliphatic hydroxyl groups is 1. The third kappa shape index (κ3) is 9.33. The van der Waals surface area contributed by atoms with Gasteiger partial charge in [-0.2, -0.15) is 0 Å². The number of aromatic nitrogens is 3. The molecule has 3 saturated heterocycles. The number of methoxy groups -OCH3 is 1. The minimum Gasteiger partial charge on any atom is -0.458 e. The molecule has 15 heteroatoms. The Morgan fingerprint density at radius 2 is 1.72 bits per heavy atom. The van der Waals surface area contributed by atoms with E-state index in [1.165, 1.54) is 14.0 Å². The van der Waals surface area contributed by atoms with E-state index in [9.17, 15) is 24.3 Å². The van der Waals surface area contributed by atoms with Gasteiger partial charge in [0.1, 0.15) is 23.9 Å². The fourth-order valence-corrected chi connectivity index (χ4v) is 9.43. The monoisotopic (exact) mass is 811 g/mol. The van der Waals surface area contributed by atoms with Crippen molar-refractivity contribution in [1.29, 1.82) is 0 Å².